The fraction of sp³-hybridized carbons (Fsp3) is 0.0339. The minimum atomic E-state index is -4.43. The van der Waals surface area contributed by atoms with Crippen molar-refractivity contribution in [3.63, 3.8) is 0 Å². The standard InChI is InChI=1S/C59H38F3N5/c1-37-33-43(59(60,61)62)28-30-45(37)42-27-32-53-49(35-42)47-22-12-14-24-52(47)67(53)54-31-26-40(41-25-29-48-46-21-11-13-23-51(46)66(55(48)36-41)44-19-9-4-10-20-44)34-50(54)58-64-56(38-15-5-2-6-16-38)63-57(65-58)39-17-7-3-8-18-39/h2-36H,1H3. The molecule has 0 amide bonds. The third kappa shape index (κ3) is 6.93. The van der Waals surface area contributed by atoms with Crippen LogP contribution in [0.1, 0.15) is 11.1 Å². The number of aryl methyl sites for hydroxylation is 1. The van der Waals surface area contributed by atoms with E-state index in [1.807, 2.05) is 84.9 Å². The smallest absolute Gasteiger partial charge is 0.309 e. The average Bonchev–Trinajstić information content (AvgIpc) is 3.88. The highest BCUT2D eigenvalue weighted by Crippen LogP contribution is 2.42. The van der Waals surface area contributed by atoms with Crippen LogP contribution in [0.3, 0.4) is 0 Å². The molecule has 0 atom stereocenters. The normalized spacial score (nSPS) is 11.9. The van der Waals surface area contributed by atoms with Gasteiger partial charge in [0.2, 0.25) is 0 Å². The van der Waals surface area contributed by atoms with E-state index in [9.17, 15) is 13.2 Å². The summed E-state index contributed by atoms with van der Waals surface area (Å²) >= 11 is 0. The van der Waals surface area contributed by atoms with Gasteiger partial charge in [0.25, 0.3) is 0 Å². The molecule has 0 N–H and O–H groups in total. The summed E-state index contributed by atoms with van der Waals surface area (Å²) in [7, 11) is 0. The Hall–Kier alpha value is -8.62. The van der Waals surface area contributed by atoms with Gasteiger partial charge in [-0.1, -0.05) is 146 Å². The number of rotatable bonds is 7. The fourth-order valence-corrected chi connectivity index (χ4v) is 9.59. The first-order chi connectivity index (χ1) is 32.8. The first-order valence-corrected chi connectivity index (χ1v) is 22.1. The molecule has 0 fully saturated rings. The van der Waals surface area contributed by atoms with E-state index in [1.54, 1.807) is 13.0 Å². The average molecular weight is 874 g/mol. The molecule has 0 radical (unpaired) electrons. The van der Waals surface area contributed by atoms with E-state index in [2.05, 4.69) is 118 Å². The highest BCUT2D eigenvalue weighted by molar-refractivity contribution is 6.12. The molecule has 0 unspecified atom stereocenters. The van der Waals surface area contributed by atoms with Gasteiger partial charge in [-0.2, -0.15) is 13.2 Å². The lowest BCUT2D eigenvalue weighted by atomic mass is 9.97. The maximum atomic E-state index is 13.7. The Labute approximate surface area is 383 Å². The van der Waals surface area contributed by atoms with Gasteiger partial charge < -0.3 is 9.13 Å². The number of halogens is 3. The maximum absolute atomic E-state index is 13.7. The molecule has 12 aromatic rings. The number of hydrogen-bond donors (Lipinski definition) is 0. The predicted octanol–water partition coefficient (Wildman–Crippen LogP) is 15.7. The summed E-state index contributed by atoms with van der Waals surface area (Å²) in [6, 6.07) is 70.4. The largest absolute Gasteiger partial charge is 0.416 e. The Morgan fingerprint density at radius 1 is 0.358 bits per heavy atom. The molecule has 0 bridgehead atoms. The van der Waals surface area contributed by atoms with Crippen molar-refractivity contribution in [2.45, 2.75) is 13.1 Å². The van der Waals surface area contributed by atoms with Gasteiger partial charge in [-0.25, -0.2) is 15.0 Å². The number of benzene rings is 9. The van der Waals surface area contributed by atoms with Gasteiger partial charge >= 0.3 is 6.18 Å². The quantitative estimate of drug-likeness (QED) is 0.160. The molecule has 67 heavy (non-hydrogen) atoms. The van der Waals surface area contributed by atoms with Crippen LogP contribution in [0.25, 0.3) is 111 Å². The van der Waals surface area contributed by atoms with E-state index in [4.69, 9.17) is 15.0 Å². The van der Waals surface area contributed by atoms with Gasteiger partial charge in [-0.3, -0.25) is 0 Å². The molecule has 9 aromatic carbocycles. The van der Waals surface area contributed by atoms with Crippen molar-refractivity contribution >= 4 is 43.6 Å². The highest BCUT2D eigenvalue weighted by atomic mass is 19.4. The van der Waals surface area contributed by atoms with Crippen LogP contribution in [0.2, 0.25) is 0 Å². The number of fused-ring (bicyclic) bond motifs is 6. The first kappa shape index (κ1) is 39.9. The molecule has 0 saturated heterocycles. The molecule has 0 spiro atoms. The number of nitrogens with zero attached hydrogens (tertiary/aromatic N) is 5. The summed E-state index contributed by atoms with van der Waals surface area (Å²) in [5.41, 5.74) is 12.0. The Balaban J connectivity index is 1.11. The van der Waals surface area contributed by atoms with Crippen molar-refractivity contribution in [2.75, 3.05) is 0 Å². The van der Waals surface area contributed by atoms with Crippen LogP contribution in [0.15, 0.2) is 212 Å². The Morgan fingerprint density at radius 3 is 1.54 bits per heavy atom. The molecule has 8 heteroatoms. The summed E-state index contributed by atoms with van der Waals surface area (Å²) in [6.07, 6.45) is -4.43. The van der Waals surface area contributed by atoms with Crippen LogP contribution in [0, 0.1) is 6.92 Å². The van der Waals surface area contributed by atoms with E-state index < -0.39 is 11.7 Å². The maximum Gasteiger partial charge on any atom is 0.416 e. The summed E-state index contributed by atoms with van der Waals surface area (Å²) in [4.78, 5) is 15.6. The fourth-order valence-electron chi connectivity index (χ4n) is 9.59. The molecule has 0 aliphatic carbocycles. The minimum Gasteiger partial charge on any atom is -0.309 e. The van der Waals surface area contributed by atoms with Crippen molar-refractivity contribution < 1.29 is 13.2 Å². The number of aromatic nitrogens is 5. The topological polar surface area (TPSA) is 48.5 Å². The van der Waals surface area contributed by atoms with Gasteiger partial charge in [0.15, 0.2) is 17.5 Å². The summed E-state index contributed by atoms with van der Waals surface area (Å²) in [5, 5.41) is 4.31. The Morgan fingerprint density at radius 2 is 0.881 bits per heavy atom. The molecular weight excluding hydrogens is 836 g/mol. The molecule has 0 saturated carbocycles. The lowest BCUT2D eigenvalue weighted by Crippen LogP contribution is -2.05. The monoisotopic (exact) mass is 873 g/mol. The zero-order valence-electron chi connectivity index (χ0n) is 36.1. The lowest BCUT2D eigenvalue weighted by Gasteiger charge is -2.17. The van der Waals surface area contributed by atoms with Crippen LogP contribution < -0.4 is 0 Å². The van der Waals surface area contributed by atoms with Crippen LogP contribution in [0.4, 0.5) is 13.2 Å². The van der Waals surface area contributed by atoms with Gasteiger partial charge in [-0.15, -0.1) is 0 Å². The lowest BCUT2D eigenvalue weighted by molar-refractivity contribution is -0.137. The van der Waals surface area contributed by atoms with Gasteiger partial charge in [0.05, 0.1) is 33.3 Å². The van der Waals surface area contributed by atoms with Gasteiger partial charge in [0, 0.05) is 43.9 Å². The van der Waals surface area contributed by atoms with Crippen molar-refractivity contribution in [1.82, 2.24) is 24.1 Å². The van der Waals surface area contributed by atoms with Crippen molar-refractivity contribution in [3.8, 4) is 67.8 Å². The molecule has 0 aliphatic rings. The molecule has 320 valence electrons. The molecular formula is C59H38F3N5. The molecule has 3 aromatic heterocycles. The third-order valence-electron chi connectivity index (χ3n) is 12.7. The van der Waals surface area contributed by atoms with Gasteiger partial charge in [-0.05, 0) is 101 Å². The van der Waals surface area contributed by atoms with E-state index in [1.165, 1.54) is 11.5 Å². The molecule has 0 aliphatic heterocycles. The second-order valence-corrected chi connectivity index (χ2v) is 16.8. The van der Waals surface area contributed by atoms with E-state index in [-0.39, 0.29) is 0 Å². The summed E-state index contributed by atoms with van der Waals surface area (Å²) in [5.74, 6) is 1.61. The second kappa shape index (κ2) is 15.8. The highest BCUT2D eigenvalue weighted by Gasteiger charge is 2.31. The third-order valence-corrected chi connectivity index (χ3v) is 12.7. The SMILES string of the molecule is Cc1cc(C(F)(F)F)ccc1-c1ccc2c(c1)c1ccccc1n2-c1ccc(-c2ccc3c4ccccc4n(-c4ccccc4)c3c2)cc1-c1nc(-c2ccccc2)nc(-c2ccccc2)n1. The number of para-hydroxylation sites is 3. The van der Waals surface area contributed by atoms with E-state index in [0.717, 1.165) is 94.6 Å². The first-order valence-electron chi connectivity index (χ1n) is 22.1. The summed E-state index contributed by atoms with van der Waals surface area (Å²) in [6.45, 7) is 1.73. The van der Waals surface area contributed by atoms with Crippen LogP contribution in [0.5, 0.6) is 0 Å². The minimum absolute atomic E-state index is 0.506. The van der Waals surface area contributed by atoms with Crippen molar-refractivity contribution in [2.24, 2.45) is 0 Å². The van der Waals surface area contributed by atoms with Gasteiger partial charge in [0.1, 0.15) is 0 Å². The molecule has 3 heterocycles. The number of hydrogen-bond acceptors (Lipinski definition) is 3. The van der Waals surface area contributed by atoms with Crippen molar-refractivity contribution in [1.29, 1.82) is 0 Å². The predicted molar refractivity (Wildman–Crippen MR) is 265 cm³/mol. The molecule has 12 rings (SSSR count). The van der Waals surface area contributed by atoms with Crippen LogP contribution in [-0.2, 0) is 6.18 Å². The van der Waals surface area contributed by atoms with E-state index in [0.29, 0.717) is 23.0 Å². The Bertz CT molecular complexity index is 3800. The van der Waals surface area contributed by atoms with Crippen LogP contribution in [-0.4, -0.2) is 24.1 Å². The summed E-state index contributed by atoms with van der Waals surface area (Å²) < 4.78 is 45.7. The zero-order valence-corrected chi connectivity index (χ0v) is 36.1. The van der Waals surface area contributed by atoms with Crippen molar-refractivity contribution in [3.05, 3.63) is 223 Å². The van der Waals surface area contributed by atoms with Crippen LogP contribution >= 0.6 is 0 Å². The van der Waals surface area contributed by atoms with E-state index >= 15 is 0 Å². The Kier molecular flexibility index (Phi) is 9.43. The number of alkyl halides is 3. The molecule has 5 nitrogen and oxygen atoms in total. The zero-order chi connectivity index (χ0) is 45.2. The second-order valence-electron chi connectivity index (χ2n) is 16.8.